The number of benzene rings is 1. The van der Waals surface area contributed by atoms with Crippen LogP contribution in [0, 0.1) is 11.3 Å². The lowest BCUT2D eigenvalue weighted by Gasteiger charge is -2.29. The van der Waals surface area contributed by atoms with Gasteiger partial charge in [0.2, 0.25) is 0 Å². The van der Waals surface area contributed by atoms with Crippen molar-refractivity contribution in [1.82, 2.24) is 5.32 Å². The van der Waals surface area contributed by atoms with Crippen molar-refractivity contribution in [3.63, 3.8) is 0 Å². The largest absolute Gasteiger partial charge is 0.396 e. The van der Waals surface area contributed by atoms with E-state index in [4.69, 9.17) is 0 Å². The first-order chi connectivity index (χ1) is 9.55. The topological polar surface area (TPSA) is 32.3 Å². The Morgan fingerprint density at radius 3 is 2.05 bits per heavy atom. The Labute approximate surface area is 124 Å². The fraction of sp³-hybridized carbons (Fsp3) is 0.667. The summed E-state index contributed by atoms with van der Waals surface area (Å²) in [6.45, 7) is 10.8. The maximum Gasteiger partial charge on any atom is 0.0499 e. The highest BCUT2D eigenvalue weighted by Crippen LogP contribution is 2.24. The van der Waals surface area contributed by atoms with E-state index < -0.39 is 0 Å². The molecule has 0 atom stereocenters. The Morgan fingerprint density at radius 2 is 1.60 bits per heavy atom. The van der Waals surface area contributed by atoms with Crippen molar-refractivity contribution in [3.05, 3.63) is 35.4 Å². The van der Waals surface area contributed by atoms with Gasteiger partial charge in [-0.1, -0.05) is 52.0 Å². The maximum atomic E-state index is 9.55. The highest BCUT2D eigenvalue weighted by molar-refractivity contribution is 5.22. The molecule has 0 aliphatic heterocycles. The van der Waals surface area contributed by atoms with Crippen LogP contribution in [0.25, 0.3) is 0 Å². The number of nitrogens with one attached hydrogen (secondary N) is 1. The lowest BCUT2D eigenvalue weighted by molar-refractivity contribution is 0.113. The van der Waals surface area contributed by atoms with Gasteiger partial charge in [-0.2, -0.15) is 0 Å². The molecule has 1 aromatic rings. The molecular formula is C18H31NO. The molecule has 0 spiro atoms. The summed E-state index contributed by atoms with van der Waals surface area (Å²) in [5, 5.41) is 13.0. The molecule has 1 rings (SSSR count). The molecule has 0 aliphatic rings. The summed E-state index contributed by atoms with van der Waals surface area (Å²) in [5.41, 5.74) is 2.77. The number of hydrogen-bond donors (Lipinski definition) is 2. The van der Waals surface area contributed by atoms with Crippen LogP contribution in [0.1, 0.15) is 51.7 Å². The average Bonchev–Trinajstić information content (AvgIpc) is 2.45. The van der Waals surface area contributed by atoms with Gasteiger partial charge in [0.1, 0.15) is 0 Å². The van der Waals surface area contributed by atoms with Crippen LogP contribution in [-0.2, 0) is 13.0 Å². The van der Waals surface area contributed by atoms with Crippen molar-refractivity contribution in [2.24, 2.45) is 11.3 Å². The Balaban J connectivity index is 2.46. The zero-order valence-corrected chi connectivity index (χ0v) is 13.6. The predicted octanol–water partition coefficient (Wildman–Crippen LogP) is 3.77. The number of rotatable bonds is 9. The van der Waals surface area contributed by atoms with Crippen molar-refractivity contribution < 1.29 is 5.11 Å². The lowest BCUT2D eigenvalue weighted by Crippen LogP contribution is -2.36. The molecule has 0 saturated heterocycles. The first kappa shape index (κ1) is 17.2. The third kappa shape index (κ3) is 5.26. The normalized spacial score (nSPS) is 12.1. The molecule has 2 N–H and O–H groups in total. The summed E-state index contributed by atoms with van der Waals surface area (Å²) in [5.74, 6) is 0.707. The van der Waals surface area contributed by atoms with E-state index in [0.717, 1.165) is 32.4 Å². The molecule has 0 fully saturated rings. The van der Waals surface area contributed by atoms with Crippen LogP contribution in [-0.4, -0.2) is 18.3 Å². The van der Waals surface area contributed by atoms with Crippen LogP contribution in [0.3, 0.4) is 0 Å². The van der Waals surface area contributed by atoms with Crippen LogP contribution in [0.2, 0.25) is 0 Å². The quantitative estimate of drug-likeness (QED) is 0.720. The van der Waals surface area contributed by atoms with Crippen molar-refractivity contribution >= 4 is 0 Å². The van der Waals surface area contributed by atoms with Gasteiger partial charge in [0.05, 0.1) is 0 Å². The highest BCUT2D eigenvalue weighted by atomic mass is 16.3. The molecule has 20 heavy (non-hydrogen) atoms. The number of aliphatic hydroxyl groups excluding tert-OH is 1. The summed E-state index contributed by atoms with van der Waals surface area (Å²) in [6, 6.07) is 8.89. The van der Waals surface area contributed by atoms with Gasteiger partial charge < -0.3 is 10.4 Å². The van der Waals surface area contributed by atoms with E-state index in [2.05, 4.69) is 57.3 Å². The summed E-state index contributed by atoms with van der Waals surface area (Å²) in [6.07, 6.45) is 3.17. The minimum absolute atomic E-state index is 0.0393. The molecule has 0 aliphatic carbocycles. The Hall–Kier alpha value is -0.860. The van der Waals surface area contributed by atoms with E-state index in [1.807, 2.05) is 0 Å². The van der Waals surface area contributed by atoms with Crippen molar-refractivity contribution in [1.29, 1.82) is 0 Å². The summed E-state index contributed by atoms with van der Waals surface area (Å²) in [7, 11) is 0. The smallest absolute Gasteiger partial charge is 0.0499 e. The molecular weight excluding hydrogens is 246 g/mol. The third-order valence-electron chi connectivity index (χ3n) is 4.33. The molecule has 0 bridgehead atoms. The van der Waals surface area contributed by atoms with Gasteiger partial charge in [-0.3, -0.25) is 0 Å². The Kier molecular flexibility index (Phi) is 7.25. The number of aliphatic hydroxyl groups is 1. The second-order valence-electron chi connectivity index (χ2n) is 6.38. The van der Waals surface area contributed by atoms with Gasteiger partial charge in [-0.05, 0) is 36.3 Å². The van der Waals surface area contributed by atoms with Gasteiger partial charge in [0.15, 0.2) is 0 Å². The molecule has 114 valence electrons. The molecule has 0 unspecified atom stereocenters. The Bertz CT molecular complexity index is 357. The second kappa shape index (κ2) is 8.43. The van der Waals surface area contributed by atoms with E-state index >= 15 is 0 Å². The van der Waals surface area contributed by atoms with Gasteiger partial charge in [-0.25, -0.2) is 0 Å². The standard InChI is InChI=1S/C18H31NO/c1-5-18(6-2,14-20)13-19-12-17-9-7-16(8-10-17)11-15(3)4/h7-10,15,19-20H,5-6,11-14H2,1-4H3. The minimum atomic E-state index is 0.0393. The zero-order chi connectivity index (χ0) is 15.0. The lowest BCUT2D eigenvalue weighted by atomic mass is 9.83. The van der Waals surface area contributed by atoms with Gasteiger partial charge in [0.25, 0.3) is 0 Å². The van der Waals surface area contributed by atoms with Crippen LogP contribution in [0.4, 0.5) is 0 Å². The van der Waals surface area contributed by atoms with Crippen molar-refractivity contribution in [2.45, 2.75) is 53.5 Å². The predicted molar refractivity (Wildman–Crippen MR) is 86.8 cm³/mol. The summed E-state index contributed by atoms with van der Waals surface area (Å²) < 4.78 is 0. The fourth-order valence-corrected chi connectivity index (χ4v) is 2.52. The highest BCUT2D eigenvalue weighted by Gasteiger charge is 2.24. The van der Waals surface area contributed by atoms with E-state index in [-0.39, 0.29) is 12.0 Å². The SMILES string of the molecule is CCC(CC)(CO)CNCc1ccc(CC(C)C)cc1. The van der Waals surface area contributed by atoms with Crippen LogP contribution in [0.15, 0.2) is 24.3 Å². The van der Waals surface area contributed by atoms with Gasteiger partial charge in [-0.15, -0.1) is 0 Å². The zero-order valence-electron chi connectivity index (χ0n) is 13.6. The van der Waals surface area contributed by atoms with Crippen LogP contribution in [0.5, 0.6) is 0 Å². The first-order valence-corrected chi connectivity index (χ1v) is 7.94. The molecule has 2 heteroatoms. The molecule has 0 aromatic heterocycles. The third-order valence-corrected chi connectivity index (χ3v) is 4.33. The molecule has 2 nitrogen and oxygen atoms in total. The van der Waals surface area contributed by atoms with Crippen LogP contribution >= 0.6 is 0 Å². The second-order valence-corrected chi connectivity index (χ2v) is 6.38. The molecule has 0 amide bonds. The molecule has 0 saturated carbocycles. The van der Waals surface area contributed by atoms with E-state index in [1.165, 1.54) is 11.1 Å². The Morgan fingerprint density at radius 1 is 1.05 bits per heavy atom. The summed E-state index contributed by atoms with van der Waals surface area (Å²) in [4.78, 5) is 0. The van der Waals surface area contributed by atoms with Gasteiger partial charge >= 0.3 is 0 Å². The summed E-state index contributed by atoms with van der Waals surface area (Å²) >= 11 is 0. The molecule has 1 aromatic carbocycles. The minimum Gasteiger partial charge on any atom is -0.396 e. The van der Waals surface area contributed by atoms with Crippen molar-refractivity contribution in [2.75, 3.05) is 13.2 Å². The monoisotopic (exact) mass is 277 g/mol. The molecule has 0 radical (unpaired) electrons. The average molecular weight is 277 g/mol. The first-order valence-electron chi connectivity index (χ1n) is 7.94. The van der Waals surface area contributed by atoms with Crippen molar-refractivity contribution in [3.8, 4) is 0 Å². The van der Waals surface area contributed by atoms with E-state index in [1.54, 1.807) is 0 Å². The van der Waals surface area contributed by atoms with E-state index in [0.29, 0.717) is 5.92 Å². The molecule has 0 heterocycles. The maximum absolute atomic E-state index is 9.55. The van der Waals surface area contributed by atoms with Crippen LogP contribution < -0.4 is 5.32 Å². The fourth-order valence-electron chi connectivity index (χ4n) is 2.52. The van der Waals surface area contributed by atoms with Gasteiger partial charge in [0, 0.05) is 25.1 Å². The number of hydrogen-bond acceptors (Lipinski definition) is 2. The van der Waals surface area contributed by atoms with E-state index in [9.17, 15) is 5.11 Å².